The maximum Gasteiger partial charge on any atom is 0.252 e. The van der Waals surface area contributed by atoms with Crippen LogP contribution in [0.4, 0.5) is 5.69 Å². The second-order valence-corrected chi connectivity index (χ2v) is 7.26. The highest BCUT2D eigenvalue weighted by Crippen LogP contribution is 2.36. The van der Waals surface area contributed by atoms with Crippen molar-refractivity contribution < 1.29 is 4.79 Å². The Bertz CT molecular complexity index is 918. The second kappa shape index (κ2) is 8.85. The van der Waals surface area contributed by atoms with E-state index in [1.165, 1.54) is 0 Å². The van der Waals surface area contributed by atoms with Gasteiger partial charge < -0.3 is 10.7 Å². The summed E-state index contributed by atoms with van der Waals surface area (Å²) in [5, 5.41) is 0. The van der Waals surface area contributed by atoms with E-state index in [9.17, 15) is 9.59 Å². The van der Waals surface area contributed by atoms with Crippen LogP contribution in [0.25, 0.3) is 0 Å². The fraction of sp³-hybridized carbons (Fsp3) is 0.391. The van der Waals surface area contributed by atoms with E-state index in [-0.39, 0.29) is 5.56 Å². The summed E-state index contributed by atoms with van der Waals surface area (Å²) in [7, 11) is 0. The summed E-state index contributed by atoms with van der Waals surface area (Å²) in [6, 6.07) is 5.79. The van der Waals surface area contributed by atoms with Gasteiger partial charge >= 0.3 is 0 Å². The summed E-state index contributed by atoms with van der Waals surface area (Å²) < 4.78 is 0. The highest BCUT2D eigenvalue weighted by Gasteiger charge is 2.27. The van der Waals surface area contributed by atoms with E-state index < -0.39 is 5.92 Å². The Labute approximate surface area is 161 Å². The van der Waals surface area contributed by atoms with Crippen molar-refractivity contribution in [3.63, 3.8) is 0 Å². The Morgan fingerprint density at radius 1 is 1.26 bits per heavy atom. The number of aldehydes is 1. The molecule has 3 N–H and O–H groups in total. The van der Waals surface area contributed by atoms with Gasteiger partial charge in [-0.15, -0.1) is 0 Å². The van der Waals surface area contributed by atoms with E-state index in [1.807, 2.05) is 45.9 Å². The van der Waals surface area contributed by atoms with Crippen LogP contribution in [0.1, 0.15) is 67.9 Å². The zero-order valence-corrected chi connectivity index (χ0v) is 17.0. The van der Waals surface area contributed by atoms with Crippen molar-refractivity contribution in [2.75, 3.05) is 5.73 Å². The first-order chi connectivity index (χ1) is 12.8. The van der Waals surface area contributed by atoms with Gasteiger partial charge in [0.25, 0.3) is 5.56 Å². The monoisotopic (exact) mass is 366 g/mol. The maximum atomic E-state index is 12.9. The van der Waals surface area contributed by atoms with Crippen LogP contribution in [-0.4, -0.2) is 11.3 Å². The van der Waals surface area contributed by atoms with E-state index in [4.69, 9.17) is 5.73 Å². The number of H-pyrrole nitrogens is 1. The van der Waals surface area contributed by atoms with E-state index in [2.05, 4.69) is 11.9 Å². The number of nitrogen functional groups attached to an aromatic ring is 1. The Morgan fingerprint density at radius 2 is 1.96 bits per heavy atom. The zero-order valence-electron chi connectivity index (χ0n) is 17.0. The number of aromatic amines is 1. The van der Waals surface area contributed by atoms with Gasteiger partial charge in [-0.1, -0.05) is 31.9 Å². The van der Waals surface area contributed by atoms with Crippen LogP contribution in [0, 0.1) is 6.92 Å². The number of hydrogen-bond donors (Lipinski definition) is 2. The predicted molar refractivity (Wildman–Crippen MR) is 112 cm³/mol. The molecule has 1 aromatic heterocycles. The van der Waals surface area contributed by atoms with Crippen LogP contribution in [0.5, 0.6) is 0 Å². The predicted octanol–water partition coefficient (Wildman–Crippen LogP) is 4.45. The molecule has 0 bridgehead atoms. The standard InChI is InChI=1S/C23H30N2O2/c1-6-8-16-11-17(24)9-10-19(16)21(20(13-26)14(3)4)22-18(7-2)15(5)12-25-23(22)27/h9-13,21H,6-8,24H2,1-5H3,(H,25,27). The summed E-state index contributed by atoms with van der Waals surface area (Å²) in [4.78, 5) is 27.9. The Kier molecular flexibility index (Phi) is 6.78. The molecule has 0 fully saturated rings. The number of carbonyl (C=O) groups is 1. The van der Waals surface area contributed by atoms with Crippen molar-refractivity contribution in [3.05, 3.63) is 73.7 Å². The van der Waals surface area contributed by atoms with Crippen molar-refractivity contribution in [2.45, 2.75) is 59.8 Å². The molecule has 144 valence electrons. The van der Waals surface area contributed by atoms with Gasteiger partial charge in [-0.3, -0.25) is 9.59 Å². The third kappa shape index (κ3) is 4.21. The van der Waals surface area contributed by atoms with E-state index >= 15 is 0 Å². The minimum absolute atomic E-state index is 0.137. The van der Waals surface area contributed by atoms with Crippen LogP contribution >= 0.6 is 0 Å². The molecule has 0 saturated heterocycles. The van der Waals surface area contributed by atoms with Gasteiger partial charge in [0.05, 0.1) is 0 Å². The van der Waals surface area contributed by atoms with E-state index in [0.717, 1.165) is 53.4 Å². The third-order valence-electron chi connectivity index (χ3n) is 5.12. The minimum atomic E-state index is -0.395. The first kappa shape index (κ1) is 20.7. The molecule has 0 amide bonds. The first-order valence-corrected chi connectivity index (χ1v) is 9.57. The molecule has 2 rings (SSSR count). The van der Waals surface area contributed by atoms with Gasteiger partial charge in [0.15, 0.2) is 0 Å². The lowest BCUT2D eigenvalue weighted by atomic mass is 9.78. The van der Waals surface area contributed by atoms with E-state index in [1.54, 1.807) is 6.20 Å². The van der Waals surface area contributed by atoms with Gasteiger partial charge in [-0.25, -0.2) is 0 Å². The number of nitrogens with one attached hydrogen (secondary N) is 1. The second-order valence-electron chi connectivity index (χ2n) is 7.26. The Balaban J connectivity index is 2.93. The van der Waals surface area contributed by atoms with Crippen molar-refractivity contribution in [2.24, 2.45) is 0 Å². The first-order valence-electron chi connectivity index (χ1n) is 9.57. The third-order valence-corrected chi connectivity index (χ3v) is 5.12. The number of allylic oxidation sites excluding steroid dienone is 2. The van der Waals surface area contributed by atoms with E-state index in [0.29, 0.717) is 16.8 Å². The molecule has 0 saturated carbocycles. The summed E-state index contributed by atoms with van der Waals surface area (Å²) in [5.41, 5.74) is 12.9. The number of rotatable bonds is 7. The lowest BCUT2D eigenvalue weighted by Gasteiger charge is -2.25. The SMILES string of the molecule is CCCc1cc(N)ccc1C(C(C=O)=C(C)C)c1c(CC)c(C)c[nH]c1=O. The van der Waals surface area contributed by atoms with Crippen LogP contribution in [0.2, 0.25) is 0 Å². The normalized spacial score (nSPS) is 11.9. The van der Waals surface area contributed by atoms with Gasteiger partial charge in [0.1, 0.15) is 6.29 Å². The molecule has 4 heteroatoms. The highest BCUT2D eigenvalue weighted by molar-refractivity contribution is 5.79. The summed E-state index contributed by atoms with van der Waals surface area (Å²) in [5.74, 6) is -0.395. The molecule has 0 aliphatic heterocycles. The molecule has 1 aromatic carbocycles. The molecule has 1 unspecified atom stereocenters. The average molecular weight is 367 g/mol. The summed E-state index contributed by atoms with van der Waals surface area (Å²) in [6.07, 6.45) is 5.18. The van der Waals surface area contributed by atoms with Crippen molar-refractivity contribution in [1.29, 1.82) is 0 Å². The smallest absolute Gasteiger partial charge is 0.252 e. The van der Waals surface area contributed by atoms with Gasteiger partial charge in [0, 0.05) is 28.9 Å². The number of pyridine rings is 1. The topological polar surface area (TPSA) is 76.0 Å². The molecule has 27 heavy (non-hydrogen) atoms. The van der Waals surface area contributed by atoms with Gasteiger partial charge in [-0.2, -0.15) is 0 Å². The Morgan fingerprint density at radius 3 is 2.52 bits per heavy atom. The van der Waals surface area contributed by atoms with Crippen LogP contribution in [-0.2, 0) is 17.6 Å². The molecular formula is C23H30N2O2. The molecule has 0 aliphatic rings. The molecule has 1 heterocycles. The molecule has 0 radical (unpaired) electrons. The minimum Gasteiger partial charge on any atom is -0.399 e. The van der Waals surface area contributed by atoms with Gasteiger partial charge in [-0.05, 0) is 68.0 Å². The number of benzene rings is 1. The number of anilines is 1. The number of hydrogen-bond acceptors (Lipinski definition) is 3. The molecule has 4 nitrogen and oxygen atoms in total. The summed E-state index contributed by atoms with van der Waals surface area (Å²) in [6.45, 7) is 9.99. The fourth-order valence-electron chi connectivity index (χ4n) is 3.81. The lowest BCUT2D eigenvalue weighted by molar-refractivity contribution is -0.105. The molecule has 2 aromatic rings. The van der Waals surface area contributed by atoms with Crippen molar-refractivity contribution in [1.82, 2.24) is 4.98 Å². The fourth-order valence-corrected chi connectivity index (χ4v) is 3.81. The quantitative estimate of drug-likeness (QED) is 0.432. The summed E-state index contributed by atoms with van der Waals surface area (Å²) >= 11 is 0. The molecule has 1 atom stereocenters. The number of aryl methyl sites for hydroxylation is 2. The largest absolute Gasteiger partial charge is 0.399 e. The zero-order chi connectivity index (χ0) is 20.1. The Hall–Kier alpha value is -2.62. The molecule has 0 spiro atoms. The molecule has 0 aliphatic carbocycles. The number of aromatic nitrogens is 1. The van der Waals surface area contributed by atoms with Crippen LogP contribution in [0.3, 0.4) is 0 Å². The van der Waals surface area contributed by atoms with Gasteiger partial charge in [0.2, 0.25) is 0 Å². The maximum absolute atomic E-state index is 12.9. The highest BCUT2D eigenvalue weighted by atomic mass is 16.1. The van der Waals surface area contributed by atoms with Crippen molar-refractivity contribution >= 4 is 12.0 Å². The molecular weight excluding hydrogens is 336 g/mol. The number of carbonyl (C=O) groups excluding carboxylic acids is 1. The van der Waals surface area contributed by atoms with Crippen LogP contribution < -0.4 is 11.3 Å². The average Bonchev–Trinajstić information content (AvgIpc) is 2.62. The van der Waals surface area contributed by atoms with Crippen molar-refractivity contribution in [3.8, 4) is 0 Å². The number of nitrogens with two attached hydrogens (primary N) is 1. The lowest BCUT2D eigenvalue weighted by Crippen LogP contribution is -2.24. The van der Waals surface area contributed by atoms with Crippen LogP contribution in [0.15, 0.2) is 40.3 Å².